The van der Waals surface area contributed by atoms with Gasteiger partial charge in [-0.1, -0.05) is 25.7 Å². The third-order valence-electron chi connectivity index (χ3n) is 5.97. The summed E-state index contributed by atoms with van der Waals surface area (Å²) in [5, 5.41) is 3.53. The largest absolute Gasteiger partial charge is 0.368 e. The third kappa shape index (κ3) is 5.05. The molecule has 1 saturated heterocycles. The highest BCUT2D eigenvalue weighted by Gasteiger charge is 2.23. The van der Waals surface area contributed by atoms with Gasteiger partial charge in [0.25, 0.3) is 5.91 Å². The minimum atomic E-state index is -0.228. The van der Waals surface area contributed by atoms with Crippen molar-refractivity contribution in [1.29, 1.82) is 0 Å². The molecule has 1 saturated carbocycles. The van der Waals surface area contributed by atoms with Crippen molar-refractivity contribution in [2.45, 2.75) is 44.6 Å². The number of hydrogen-bond acceptors (Lipinski definition) is 4. The van der Waals surface area contributed by atoms with Crippen LogP contribution in [0, 0.1) is 5.82 Å². The van der Waals surface area contributed by atoms with Crippen molar-refractivity contribution in [3.63, 3.8) is 0 Å². The Bertz CT molecular complexity index is 810. The Morgan fingerprint density at radius 3 is 2.34 bits per heavy atom. The molecular formula is C23H29FN4O. The molecule has 1 aromatic carbocycles. The smallest absolute Gasteiger partial charge is 0.254 e. The van der Waals surface area contributed by atoms with Crippen molar-refractivity contribution in [1.82, 2.24) is 9.88 Å². The first kappa shape index (κ1) is 19.7. The average molecular weight is 397 g/mol. The van der Waals surface area contributed by atoms with Crippen molar-refractivity contribution in [3.8, 4) is 0 Å². The topological polar surface area (TPSA) is 48.5 Å². The lowest BCUT2D eigenvalue weighted by Gasteiger charge is -2.36. The van der Waals surface area contributed by atoms with E-state index in [0.29, 0.717) is 24.7 Å². The molecule has 2 aliphatic rings. The maximum atomic E-state index is 13.1. The van der Waals surface area contributed by atoms with Crippen LogP contribution in [0.3, 0.4) is 0 Å². The molecule has 0 bridgehead atoms. The number of piperazine rings is 1. The highest BCUT2D eigenvalue weighted by atomic mass is 19.1. The van der Waals surface area contributed by atoms with Crippen LogP contribution in [-0.4, -0.2) is 48.0 Å². The summed E-state index contributed by atoms with van der Waals surface area (Å²) in [6.07, 6.45) is 9.21. The van der Waals surface area contributed by atoms with E-state index >= 15 is 0 Å². The first-order chi connectivity index (χ1) is 14.2. The lowest BCUT2D eigenvalue weighted by Crippen LogP contribution is -2.48. The van der Waals surface area contributed by atoms with Gasteiger partial charge in [0.1, 0.15) is 11.6 Å². The zero-order valence-corrected chi connectivity index (χ0v) is 16.8. The van der Waals surface area contributed by atoms with E-state index in [9.17, 15) is 9.18 Å². The molecule has 1 aliphatic carbocycles. The van der Waals surface area contributed by atoms with E-state index in [1.807, 2.05) is 11.0 Å². The van der Waals surface area contributed by atoms with Crippen molar-refractivity contribution in [2.24, 2.45) is 0 Å². The number of nitrogens with one attached hydrogen (secondary N) is 1. The van der Waals surface area contributed by atoms with Crippen LogP contribution in [0.25, 0.3) is 0 Å². The van der Waals surface area contributed by atoms with Gasteiger partial charge < -0.3 is 15.1 Å². The van der Waals surface area contributed by atoms with E-state index in [-0.39, 0.29) is 11.7 Å². The fourth-order valence-corrected chi connectivity index (χ4v) is 4.28. The molecule has 0 spiro atoms. The summed E-state index contributed by atoms with van der Waals surface area (Å²) >= 11 is 0. The number of aromatic nitrogens is 1. The maximum absolute atomic E-state index is 13.1. The van der Waals surface area contributed by atoms with Crippen LogP contribution >= 0.6 is 0 Å². The van der Waals surface area contributed by atoms with Crippen LogP contribution in [0.15, 0.2) is 42.6 Å². The van der Waals surface area contributed by atoms with E-state index in [2.05, 4.69) is 15.2 Å². The van der Waals surface area contributed by atoms with E-state index in [1.165, 1.54) is 50.7 Å². The minimum Gasteiger partial charge on any atom is -0.368 e. The summed E-state index contributed by atoms with van der Waals surface area (Å²) in [4.78, 5) is 21.5. The first-order valence-corrected chi connectivity index (χ1v) is 10.7. The lowest BCUT2D eigenvalue weighted by atomic mass is 10.1. The Labute approximate surface area is 171 Å². The monoisotopic (exact) mass is 396 g/mol. The number of rotatable bonds is 4. The number of amides is 1. The number of carbonyl (C=O) groups is 1. The SMILES string of the molecule is O=C(c1ccnc(NC2CCCCCC2)c1)N1CCN(c2ccc(F)cc2)CC1. The van der Waals surface area contributed by atoms with Crippen LogP contribution in [0.2, 0.25) is 0 Å². The second kappa shape index (κ2) is 9.25. The molecule has 0 radical (unpaired) electrons. The molecular weight excluding hydrogens is 367 g/mol. The lowest BCUT2D eigenvalue weighted by molar-refractivity contribution is 0.0746. The number of halogens is 1. The Hall–Kier alpha value is -2.63. The molecule has 4 rings (SSSR count). The number of benzene rings is 1. The van der Waals surface area contributed by atoms with Crippen molar-refractivity contribution in [2.75, 3.05) is 36.4 Å². The molecule has 1 aromatic heterocycles. The van der Waals surface area contributed by atoms with Crippen molar-refractivity contribution < 1.29 is 9.18 Å². The molecule has 29 heavy (non-hydrogen) atoms. The zero-order chi connectivity index (χ0) is 20.1. The third-order valence-corrected chi connectivity index (χ3v) is 5.97. The van der Waals surface area contributed by atoms with Crippen LogP contribution < -0.4 is 10.2 Å². The van der Waals surface area contributed by atoms with Crippen LogP contribution in [0.5, 0.6) is 0 Å². The Morgan fingerprint density at radius 2 is 1.66 bits per heavy atom. The Kier molecular flexibility index (Phi) is 6.27. The highest BCUT2D eigenvalue weighted by molar-refractivity contribution is 5.95. The molecule has 1 amide bonds. The van der Waals surface area contributed by atoms with Gasteiger partial charge in [-0.05, 0) is 49.2 Å². The average Bonchev–Trinajstić information content (AvgIpc) is 3.03. The fraction of sp³-hybridized carbons (Fsp3) is 0.478. The van der Waals surface area contributed by atoms with Gasteiger partial charge in [0, 0.05) is 49.7 Å². The predicted octanol–water partition coefficient (Wildman–Crippen LogP) is 4.32. The Morgan fingerprint density at radius 1 is 0.966 bits per heavy atom. The van der Waals surface area contributed by atoms with Crippen LogP contribution in [0.1, 0.15) is 48.9 Å². The normalized spacial score (nSPS) is 18.4. The molecule has 0 unspecified atom stereocenters. The van der Waals surface area contributed by atoms with Gasteiger partial charge in [0.2, 0.25) is 0 Å². The molecule has 2 fully saturated rings. The van der Waals surface area contributed by atoms with Gasteiger partial charge in [0.15, 0.2) is 0 Å². The summed E-state index contributed by atoms with van der Waals surface area (Å²) < 4.78 is 13.1. The Balaban J connectivity index is 1.35. The van der Waals surface area contributed by atoms with Crippen molar-refractivity contribution in [3.05, 3.63) is 54.0 Å². The predicted molar refractivity (Wildman–Crippen MR) is 114 cm³/mol. The number of pyridine rings is 1. The van der Waals surface area contributed by atoms with Crippen molar-refractivity contribution >= 4 is 17.4 Å². The van der Waals surface area contributed by atoms with Gasteiger partial charge >= 0.3 is 0 Å². The maximum Gasteiger partial charge on any atom is 0.254 e. The second-order valence-corrected chi connectivity index (χ2v) is 8.02. The number of carbonyl (C=O) groups excluding carboxylic acids is 1. The van der Waals surface area contributed by atoms with E-state index in [1.54, 1.807) is 24.4 Å². The van der Waals surface area contributed by atoms with Gasteiger partial charge in [-0.25, -0.2) is 9.37 Å². The molecule has 5 nitrogen and oxygen atoms in total. The summed E-state index contributed by atoms with van der Waals surface area (Å²) in [7, 11) is 0. The van der Waals surface area contributed by atoms with Crippen LogP contribution in [0.4, 0.5) is 15.9 Å². The second-order valence-electron chi connectivity index (χ2n) is 8.02. The molecule has 2 aromatic rings. The van der Waals surface area contributed by atoms with Crippen LogP contribution in [-0.2, 0) is 0 Å². The van der Waals surface area contributed by atoms with Gasteiger partial charge in [-0.2, -0.15) is 0 Å². The summed E-state index contributed by atoms with van der Waals surface area (Å²) in [5.41, 5.74) is 1.68. The van der Waals surface area contributed by atoms with E-state index < -0.39 is 0 Å². The molecule has 1 N–H and O–H groups in total. The molecule has 0 atom stereocenters. The fourth-order valence-electron chi connectivity index (χ4n) is 4.28. The highest BCUT2D eigenvalue weighted by Crippen LogP contribution is 2.22. The van der Waals surface area contributed by atoms with E-state index in [0.717, 1.165) is 24.6 Å². The quantitative estimate of drug-likeness (QED) is 0.782. The molecule has 1 aliphatic heterocycles. The number of anilines is 2. The standard InChI is InChI=1S/C23H29FN4O/c24-19-7-9-21(10-8-19)27-13-15-28(16-14-27)23(29)18-11-12-25-22(17-18)26-20-5-3-1-2-4-6-20/h7-12,17,20H,1-6,13-16H2,(H,25,26). The summed E-state index contributed by atoms with van der Waals surface area (Å²) in [6.45, 7) is 2.80. The van der Waals surface area contributed by atoms with Gasteiger partial charge in [-0.3, -0.25) is 4.79 Å². The zero-order valence-electron chi connectivity index (χ0n) is 16.8. The van der Waals surface area contributed by atoms with Gasteiger partial charge in [0.05, 0.1) is 0 Å². The number of hydrogen-bond donors (Lipinski definition) is 1. The number of nitrogens with zero attached hydrogens (tertiary/aromatic N) is 3. The van der Waals surface area contributed by atoms with Gasteiger partial charge in [-0.15, -0.1) is 0 Å². The van der Waals surface area contributed by atoms with E-state index in [4.69, 9.17) is 0 Å². The summed E-state index contributed by atoms with van der Waals surface area (Å²) in [6, 6.07) is 10.7. The molecule has 154 valence electrons. The summed E-state index contributed by atoms with van der Waals surface area (Å²) in [5.74, 6) is 0.622. The molecule has 6 heteroatoms. The minimum absolute atomic E-state index is 0.0510. The molecule has 2 heterocycles. The first-order valence-electron chi connectivity index (χ1n) is 10.7.